The van der Waals surface area contributed by atoms with E-state index >= 15 is 0 Å². The maximum Gasteiger partial charge on any atom is 0.273 e. The molecule has 1 amide bonds. The second kappa shape index (κ2) is 7.08. The molecular formula is C15H21N3O3. The first-order chi connectivity index (χ1) is 10.2. The summed E-state index contributed by atoms with van der Waals surface area (Å²) in [5.41, 5.74) is 0.258. The molecule has 0 radical (unpaired) electrons. The van der Waals surface area contributed by atoms with E-state index in [4.69, 9.17) is 8.94 Å². The Labute approximate surface area is 124 Å². The molecule has 1 atom stereocenters. The maximum atomic E-state index is 12.0. The van der Waals surface area contributed by atoms with Crippen LogP contribution in [0.4, 0.5) is 0 Å². The number of furan rings is 1. The summed E-state index contributed by atoms with van der Waals surface area (Å²) >= 11 is 0. The van der Waals surface area contributed by atoms with E-state index in [1.165, 1.54) is 0 Å². The van der Waals surface area contributed by atoms with Crippen LogP contribution in [0, 0.1) is 0 Å². The molecule has 1 unspecified atom stereocenters. The van der Waals surface area contributed by atoms with Gasteiger partial charge in [-0.15, -0.1) is 0 Å². The van der Waals surface area contributed by atoms with E-state index in [2.05, 4.69) is 36.1 Å². The van der Waals surface area contributed by atoms with E-state index in [0.717, 1.165) is 13.1 Å². The molecule has 0 fully saturated rings. The van der Waals surface area contributed by atoms with Gasteiger partial charge in [-0.05, 0) is 32.1 Å². The number of amides is 1. The van der Waals surface area contributed by atoms with Gasteiger partial charge in [-0.2, -0.15) is 0 Å². The molecule has 2 aromatic heterocycles. The molecule has 6 heteroatoms. The van der Waals surface area contributed by atoms with Crippen molar-refractivity contribution in [1.29, 1.82) is 0 Å². The lowest BCUT2D eigenvalue weighted by atomic mass is 10.2. The van der Waals surface area contributed by atoms with Gasteiger partial charge in [-0.3, -0.25) is 9.69 Å². The van der Waals surface area contributed by atoms with Gasteiger partial charge in [0.25, 0.3) is 5.91 Å². The van der Waals surface area contributed by atoms with Crippen LogP contribution in [0.2, 0.25) is 0 Å². The van der Waals surface area contributed by atoms with Crippen LogP contribution in [0.3, 0.4) is 0 Å². The molecule has 0 bridgehead atoms. The number of nitrogens with one attached hydrogen (secondary N) is 1. The summed E-state index contributed by atoms with van der Waals surface area (Å²) in [7, 11) is 0. The first-order valence-electron chi connectivity index (χ1n) is 7.18. The molecule has 114 valence electrons. The molecule has 0 aromatic carbocycles. The number of likely N-dealkylation sites (N-methyl/N-ethyl adjacent to an activating group) is 1. The van der Waals surface area contributed by atoms with Crippen molar-refractivity contribution in [2.45, 2.75) is 26.8 Å². The molecule has 0 saturated heterocycles. The Hall–Kier alpha value is -2.08. The molecule has 0 saturated carbocycles. The van der Waals surface area contributed by atoms with E-state index in [0.29, 0.717) is 18.1 Å². The number of carbonyl (C=O) groups excluding carboxylic acids is 1. The SMILES string of the molecule is CCN(CC)C(C)CNC(=O)c1cc(-c2ccco2)on1. The van der Waals surface area contributed by atoms with E-state index in [-0.39, 0.29) is 17.6 Å². The minimum absolute atomic E-state index is 0.240. The van der Waals surface area contributed by atoms with E-state index in [9.17, 15) is 4.79 Å². The van der Waals surface area contributed by atoms with Crippen LogP contribution in [-0.4, -0.2) is 41.6 Å². The van der Waals surface area contributed by atoms with Gasteiger partial charge in [0.15, 0.2) is 11.5 Å². The topological polar surface area (TPSA) is 71.5 Å². The van der Waals surface area contributed by atoms with Crippen molar-refractivity contribution in [2.24, 2.45) is 0 Å². The number of nitrogens with zero attached hydrogens (tertiary/aromatic N) is 2. The van der Waals surface area contributed by atoms with Gasteiger partial charge in [0, 0.05) is 18.7 Å². The third-order valence-corrected chi connectivity index (χ3v) is 3.50. The van der Waals surface area contributed by atoms with Crippen molar-refractivity contribution in [3.8, 4) is 11.5 Å². The Morgan fingerprint density at radius 3 is 2.76 bits per heavy atom. The molecule has 2 heterocycles. The fraction of sp³-hybridized carbons (Fsp3) is 0.467. The van der Waals surface area contributed by atoms with Gasteiger partial charge in [0.1, 0.15) is 0 Å². The molecule has 0 spiro atoms. The van der Waals surface area contributed by atoms with Gasteiger partial charge in [-0.1, -0.05) is 19.0 Å². The first kappa shape index (κ1) is 15.3. The Balaban J connectivity index is 1.92. The number of aromatic nitrogens is 1. The van der Waals surface area contributed by atoms with Crippen molar-refractivity contribution < 1.29 is 13.7 Å². The van der Waals surface area contributed by atoms with E-state index in [1.807, 2.05) is 0 Å². The number of hydrogen-bond donors (Lipinski definition) is 1. The van der Waals surface area contributed by atoms with Crippen molar-refractivity contribution in [1.82, 2.24) is 15.4 Å². The van der Waals surface area contributed by atoms with Gasteiger partial charge in [0.2, 0.25) is 5.76 Å². The Kier molecular flexibility index (Phi) is 5.16. The lowest BCUT2D eigenvalue weighted by Crippen LogP contribution is -2.42. The van der Waals surface area contributed by atoms with Crippen molar-refractivity contribution in [3.05, 3.63) is 30.2 Å². The minimum atomic E-state index is -0.240. The highest BCUT2D eigenvalue weighted by molar-refractivity contribution is 5.92. The summed E-state index contributed by atoms with van der Waals surface area (Å²) < 4.78 is 10.3. The molecule has 0 aliphatic carbocycles. The zero-order chi connectivity index (χ0) is 15.2. The predicted octanol–water partition coefficient (Wildman–Crippen LogP) is 2.39. The average molecular weight is 291 g/mol. The van der Waals surface area contributed by atoms with Crippen molar-refractivity contribution >= 4 is 5.91 Å². The summed E-state index contributed by atoms with van der Waals surface area (Å²) in [5, 5.41) is 6.65. The standard InChI is InChI=1S/C15H21N3O3/c1-4-18(5-2)11(3)10-16-15(19)12-9-14(21-17-12)13-7-6-8-20-13/h6-9,11H,4-5,10H2,1-3H3,(H,16,19). The monoisotopic (exact) mass is 291 g/mol. The Morgan fingerprint density at radius 1 is 1.38 bits per heavy atom. The van der Waals surface area contributed by atoms with E-state index in [1.54, 1.807) is 24.5 Å². The van der Waals surface area contributed by atoms with Gasteiger partial charge < -0.3 is 14.3 Å². The average Bonchev–Trinajstić information content (AvgIpc) is 3.16. The predicted molar refractivity (Wildman–Crippen MR) is 78.9 cm³/mol. The molecule has 2 rings (SSSR count). The largest absolute Gasteiger partial charge is 0.461 e. The van der Waals surface area contributed by atoms with E-state index < -0.39 is 0 Å². The van der Waals surface area contributed by atoms with Crippen LogP contribution in [0.25, 0.3) is 11.5 Å². The zero-order valence-electron chi connectivity index (χ0n) is 12.6. The smallest absolute Gasteiger partial charge is 0.273 e. The molecule has 21 heavy (non-hydrogen) atoms. The lowest BCUT2D eigenvalue weighted by Gasteiger charge is -2.26. The highest BCUT2D eigenvalue weighted by Crippen LogP contribution is 2.20. The lowest BCUT2D eigenvalue weighted by molar-refractivity contribution is 0.0929. The third-order valence-electron chi connectivity index (χ3n) is 3.50. The fourth-order valence-electron chi connectivity index (χ4n) is 2.22. The van der Waals surface area contributed by atoms with Gasteiger partial charge in [0.05, 0.1) is 6.26 Å². The van der Waals surface area contributed by atoms with Crippen molar-refractivity contribution in [3.63, 3.8) is 0 Å². The summed E-state index contributed by atoms with van der Waals surface area (Å²) in [6.45, 7) is 8.79. The summed E-state index contributed by atoms with van der Waals surface area (Å²) in [4.78, 5) is 14.3. The first-order valence-corrected chi connectivity index (χ1v) is 7.18. The third kappa shape index (κ3) is 3.72. The maximum absolute atomic E-state index is 12.0. The molecule has 6 nitrogen and oxygen atoms in total. The van der Waals surface area contributed by atoms with Gasteiger partial charge in [-0.25, -0.2) is 0 Å². The minimum Gasteiger partial charge on any atom is -0.461 e. The number of rotatable bonds is 7. The second-order valence-electron chi connectivity index (χ2n) is 4.83. The molecule has 1 N–H and O–H groups in total. The van der Waals surface area contributed by atoms with Crippen LogP contribution in [0.1, 0.15) is 31.3 Å². The number of hydrogen-bond acceptors (Lipinski definition) is 5. The number of carbonyl (C=O) groups is 1. The molecular weight excluding hydrogens is 270 g/mol. The summed E-state index contributed by atoms with van der Waals surface area (Å²) in [6.07, 6.45) is 1.55. The van der Waals surface area contributed by atoms with Crippen LogP contribution < -0.4 is 5.32 Å². The zero-order valence-corrected chi connectivity index (χ0v) is 12.6. The highest BCUT2D eigenvalue weighted by atomic mass is 16.5. The van der Waals surface area contributed by atoms with Gasteiger partial charge >= 0.3 is 0 Å². The highest BCUT2D eigenvalue weighted by Gasteiger charge is 2.17. The normalized spacial score (nSPS) is 12.6. The van der Waals surface area contributed by atoms with Crippen molar-refractivity contribution in [2.75, 3.05) is 19.6 Å². The van der Waals surface area contributed by atoms with Crippen LogP contribution in [0.15, 0.2) is 33.4 Å². The summed E-state index contributed by atoms with van der Waals surface area (Å²) in [5.74, 6) is 0.760. The summed E-state index contributed by atoms with van der Waals surface area (Å²) in [6, 6.07) is 5.37. The molecule has 0 aliphatic heterocycles. The van der Waals surface area contributed by atoms with Crippen LogP contribution in [-0.2, 0) is 0 Å². The van der Waals surface area contributed by atoms with Crippen LogP contribution >= 0.6 is 0 Å². The Bertz CT molecular complexity index is 558. The fourth-order valence-corrected chi connectivity index (χ4v) is 2.22. The second-order valence-corrected chi connectivity index (χ2v) is 4.83. The Morgan fingerprint density at radius 2 is 2.14 bits per heavy atom. The molecule has 0 aliphatic rings. The molecule has 2 aromatic rings. The van der Waals surface area contributed by atoms with Crippen LogP contribution in [0.5, 0.6) is 0 Å². The quantitative estimate of drug-likeness (QED) is 0.848.